The van der Waals surface area contributed by atoms with E-state index in [2.05, 4.69) is 21.1 Å². The van der Waals surface area contributed by atoms with Crippen LogP contribution in [-0.4, -0.2) is 37.5 Å². The Morgan fingerprint density at radius 3 is 2.00 bits per heavy atom. The van der Waals surface area contributed by atoms with Crippen LogP contribution >= 0.6 is 46.4 Å². The van der Waals surface area contributed by atoms with E-state index in [1.165, 1.54) is 12.4 Å². The topological polar surface area (TPSA) is 92.2 Å². The summed E-state index contributed by atoms with van der Waals surface area (Å²) in [5.41, 5.74) is 5.69. The third-order valence-corrected chi connectivity index (χ3v) is 4.11. The minimum atomic E-state index is -0.545. The van der Waals surface area contributed by atoms with E-state index < -0.39 is 11.8 Å². The van der Waals surface area contributed by atoms with Crippen molar-refractivity contribution in [3.05, 3.63) is 67.6 Å². The third kappa shape index (κ3) is 8.81. The highest BCUT2D eigenvalue weighted by molar-refractivity contribution is 6.36. The smallest absolute Gasteiger partial charge is 0.266 e. The molecule has 0 aliphatic heterocycles. The second-order valence-corrected chi connectivity index (χ2v) is 7.16. The first-order valence-corrected chi connectivity index (χ1v) is 9.47. The van der Waals surface area contributed by atoms with Gasteiger partial charge in [-0.2, -0.15) is 10.2 Å². The fourth-order valence-electron chi connectivity index (χ4n) is 1.91. The maximum Gasteiger partial charge on any atom is 0.266 e. The minimum Gasteiger partial charge on any atom is -0.362 e. The van der Waals surface area contributed by atoms with E-state index in [0.717, 1.165) is 0 Å². The van der Waals surface area contributed by atoms with Gasteiger partial charge in [-0.1, -0.05) is 52.5 Å². The Morgan fingerprint density at radius 1 is 0.828 bits per heavy atom. The SMILES string of the molecule is O=C(COCC(=O)N/N=C/c1ccc(Cl)cc1Cl)N/N=C\c1cc(Cl)cc(Cl)c1. The van der Waals surface area contributed by atoms with Crippen molar-refractivity contribution in [1.29, 1.82) is 0 Å². The van der Waals surface area contributed by atoms with Crippen molar-refractivity contribution in [3.8, 4) is 0 Å². The molecule has 0 spiro atoms. The number of hydrogen-bond donors (Lipinski definition) is 2. The molecule has 0 aliphatic rings. The van der Waals surface area contributed by atoms with Crippen LogP contribution in [0.5, 0.6) is 0 Å². The summed E-state index contributed by atoms with van der Waals surface area (Å²) in [6.07, 6.45) is 2.74. The fourth-order valence-corrected chi connectivity index (χ4v) is 2.91. The zero-order valence-electron chi connectivity index (χ0n) is 14.7. The van der Waals surface area contributed by atoms with Crippen LogP contribution in [-0.2, 0) is 14.3 Å². The number of ether oxygens (including phenoxy) is 1. The molecule has 2 aromatic carbocycles. The summed E-state index contributed by atoms with van der Waals surface area (Å²) in [6.45, 7) is -0.736. The highest BCUT2D eigenvalue weighted by atomic mass is 35.5. The average molecular weight is 476 g/mol. The van der Waals surface area contributed by atoms with Crippen molar-refractivity contribution in [2.75, 3.05) is 13.2 Å². The van der Waals surface area contributed by atoms with Gasteiger partial charge in [0, 0.05) is 20.6 Å². The van der Waals surface area contributed by atoms with Crippen molar-refractivity contribution >= 4 is 70.6 Å². The first-order chi connectivity index (χ1) is 13.8. The van der Waals surface area contributed by atoms with E-state index in [4.69, 9.17) is 51.1 Å². The first kappa shape index (κ1) is 23.1. The van der Waals surface area contributed by atoms with Crippen molar-refractivity contribution in [1.82, 2.24) is 10.9 Å². The molecular formula is C18H14Cl4N4O3. The minimum absolute atomic E-state index is 0.367. The highest BCUT2D eigenvalue weighted by Crippen LogP contribution is 2.19. The normalized spacial score (nSPS) is 11.2. The molecule has 29 heavy (non-hydrogen) atoms. The summed E-state index contributed by atoms with van der Waals surface area (Å²) in [7, 11) is 0. The lowest BCUT2D eigenvalue weighted by Crippen LogP contribution is -2.28. The van der Waals surface area contributed by atoms with Gasteiger partial charge < -0.3 is 4.74 Å². The Morgan fingerprint density at radius 2 is 1.41 bits per heavy atom. The molecule has 11 heteroatoms. The molecule has 0 radical (unpaired) electrons. The summed E-state index contributed by atoms with van der Waals surface area (Å²) in [4.78, 5) is 23.3. The molecule has 152 valence electrons. The van der Waals surface area contributed by atoms with Crippen LogP contribution in [0.15, 0.2) is 46.6 Å². The molecule has 0 aliphatic carbocycles. The van der Waals surface area contributed by atoms with Gasteiger partial charge in [0.2, 0.25) is 0 Å². The standard InChI is InChI=1S/C18H14Cl4N4O3/c19-13-2-1-12(16(22)6-13)8-24-26-18(28)10-29-9-17(27)25-23-7-11-3-14(20)5-15(21)4-11/h1-8H,9-10H2,(H,25,27)(H,26,28)/b23-7-,24-8+. The molecular weight excluding hydrogens is 462 g/mol. The first-order valence-electron chi connectivity index (χ1n) is 7.96. The van der Waals surface area contributed by atoms with Crippen molar-refractivity contribution in [2.45, 2.75) is 0 Å². The molecule has 2 rings (SSSR count). The summed E-state index contributed by atoms with van der Waals surface area (Å²) < 4.78 is 4.98. The van der Waals surface area contributed by atoms with Crippen LogP contribution in [0.25, 0.3) is 0 Å². The summed E-state index contributed by atoms with van der Waals surface area (Å²) in [5, 5.41) is 9.27. The predicted molar refractivity (Wildman–Crippen MR) is 115 cm³/mol. The van der Waals surface area contributed by atoms with E-state index in [0.29, 0.717) is 31.2 Å². The van der Waals surface area contributed by atoms with Gasteiger partial charge in [-0.15, -0.1) is 0 Å². The molecule has 0 atom stereocenters. The summed E-state index contributed by atoms with van der Waals surface area (Å²) in [5.74, 6) is -1.09. The van der Waals surface area contributed by atoms with Gasteiger partial charge in [0.15, 0.2) is 0 Å². The molecule has 0 saturated heterocycles. The van der Waals surface area contributed by atoms with Crippen molar-refractivity contribution in [2.24, 2.45) is 10.2 Å². The van der Waals surface area contributed by atoms with Crippen LogP contribution < -0.4 is 10.9 Å². The maximum absolute atomic E-state index is 11.6. The number of benzene rings is 2. The number of hydrogen-bond acceptors (Lipinski definition) is 5. The Kier molecular flexibility index (Phi) is 9.37. The molecule has 0 unspecified atom stereocenters. The lowest BCUT2D eigenvalue weighted by atomic mass is 10.2. The van der Waals surface area contributed by atoms with Crippen molar-refractivity contribution in [3.63, 3.8) is 0 Å². The molecule has 2 N–H and O–H groups in total. The Hall–Kier alpha value is -2.16. The quantitative estimate of drug-likeness (QED) is 0.447. The molecule has 2 amide bonds. The number of amides is 2. The second kappa shape index (κ2) is 11.7. The van der Waals surface area contributed by atoms with Crippen LogP contribution in [0, 0.1) is 0 Å². The maximum atomic E-state index is 11.6. The zero-order valence-corrected chi connectivity index (χ0v) is 17.7. The lowest BCUT2D eigenvalue weighted by Gasteiger charge is -2.03. The van der Waals surface area contributed by atoms with Gasteiger partial charge in [0.1, 0.15) is 13.2 Å². The van der Waals surface area contributed by atoms with Crippen LogP contribution in [0.3, 0.4) is 0 Å². The van der Waals surface area contributed by atoms with Gasteiger partial charge in [0.25, 0.3) is 11.8 Å². The van der Waals surface area contributed by atoms with E-state index in [-0.39, 0.29) is 13.2 Å². The molecule has 0 heterocycles. The van der Waals surface area contributed by atoms with E-state index in [1.807, 2.05) is 0 Å². The Balaban J connectivity index is 1.68. The number of nitrogens with zero attached hydrogens (tertiary/aromatic N) is 2. The molecule has 0 bridgehead atoms. The fraction of sp³-hybridized carbons (Fsp3) is 0.111. The molecule has 7 nitrogen and oxygen atoms in total. The number of halogens is 4. The number of hydrazone groups is 2. The molecule has 0 fully saturated rings. The number of carbonyl (C=O) groups is 2. The van der Waals surface area contributed by atoms with Crippen LogP contribution in [0.4, 0.5) is 0 Å². The molecule has 0 saturated carbocycles. The second-order valence-electron chi connectivity index (χ2n) is 5.45. The summed E-state index contributed by atoms with van der Waals surface area (Å²) in [6, 6.07) is 9.67. The molecule has 2 aromatic rings. The largest absolute Gasteiger partial charge is 0.362 e. The number of rotatable bonds is 8. The monoisotopic (exact) mass is 474 g/mol. The van der Waals surface area contributed by atoms with Crippen LogP contribution in [0.2, 0.25) is 20.1 Å². The van der Waals surface area contributed by atoms with Gasteiger partial charge in [-0.3, -0.25) is 9.59 Å². The highest BCUT2D eigenvalue weighted by Gasteiger charge is 2.04. The summed E-state index contributed by atoms with van der Waals surface area (Å²) >= 11 is 23.5. The molecule has 0 aromatic heterocycles. The third-order valence-electron chi connectivity index (χ3n) is 3.11. The number of nitrogens with one attached hydrogen (secondary N) is 2. The predicted octanol–water partition coefficient (Wildman–Crippen LogP) is 3.92. The van der Waals surface area contributed by atoms with Gasteiger partial charge in [0.05, 0.1) is 17.5 Å². The number of carbonyl (C=O) groups excluding carboxylic acids is 2. The van der Waals surface area contributed by atoms with Crippen molar-refractivity contribution < 1.29 is 14.3 Å². The Bertz CT molecular complexity index is 930. The zero-order chi connectivity index (χ0) is 21.2. The van der Waals surface area contributed by atoms with Gasteiger partial charge in [-0.05, 0) is 35.9 Å². The lowest BCUT2D eigenvalue weighted by molar-refractivity contribution is -0.130. The van der Waals surface area contributed by atoms with E-state index in [9.17, 15) is 9.59 Å². The van der Waals surface area contributed by atoms with Gasteiger partial charge in [-0.25, -0.2) is 10.9 Å². The Labute approximate surface area is 186 Å². The van der Waals surface area contributed by atoms with E-state index >= 15 is 0 Å². The average Bonchev–Trinajstić information content (AvgIpc) is 2.63. The van der Waals surface area contributed by atoms with Gasteiger partial charge >= 0.3 is 0 Å². The van der Waals surface area contributed by atoms with E-state index in [1.54, 1.807) is 36.4 Å². The van der Waals surface area contributed by atoms with Crippen LogP contribution in [0.1, 0.15) is 11.1 Å².